The maximum Gasteiger partial charge on any atom is 0.433 e. The summed E-state index contributed by atoms with van der Waals surface area (Å²) in [5, 5.41) is 2.51. The van der Waals surface area contributed by atoms with Crippen LogP contribution in [0.4, 0.5) is 9.59 Å². The van der Waals surface area contributed by atoms with Crippen LogP contribution in [0, 0.1) is 0 Å². The summed E-state index contributed by atoms with van der Waals surface area (Å²) in [5.41, 5.74) is 3.75. The molecular formula is C14H20N2O4. The first-order valence-electron chi connectivity index (χ1n) is 6.68. The molecule has 2 rings (SSSR count). The molecule has 0 aromatic heterocycles. The number of nitrogens with zero attached hydrogens (tertiary/aromatic N) is 2. The second-order valence-corrected chi connectivity index (χ2v) is 4.90. The minimum atomic E-state index is -0.593. The van der Waals surface area contributed by atoms with Crippen molar-refractivity contribution in [1.82, 2.24) is 10.0 Å². The summed E-state index contributed by atoms with van der Waals surface area (Å²) in [7, 11) is 2.59. The third-order valence-corrected chi connectivity index (χ3v) is 3.87. The normalized spacial score (nSPS) is 19.0. The first-order chi connectivity index (χ1) is 9.52. The Kier molecular flexibility index (Phi) is 4.01. The first-order valence-corrected chi connectivity index (χ1v) is 6.68. The van der Waals surface area contributed by atoms with Gasteiger partial charge in [-0.2, -0.15) is 10.0 Å². The van der Waals surface area contributed by atoms with Crippen molar-refractivity contribution in [3.63, 3.8) is 0 Å². The summed E-state index contributed by atoms with van der Waals surface area (Å²) in [6, 6.07) is 0. The zero-order chi connectivity index (χ0) is 14.9. The Morgan fingerprint density at radius 3 is 1.50 bits per heavy atom. The molecule has 1 heterocycles. The Morgan fingerprint density at radius 2 is 1.20 bits per heavy atom. The van der Waals surface area contributed by atoms with Crippen LogP contribution in [0.25, 0.3) is 0 Å². The molecule has 1 aliphatic carbocycles. The number of hydrogen-bond donors (Lipinski definition) is 0. The highest BCUT2D eigenvalue weighted by Gasteiger charge is 2.38. The van der Waals surface area contributed by atoms with Crippen LogP contribution in [0.2, 0.25) is 0 Å². The Morgan fingerprint density at radius 1 is 0.850 bits per heavy atom. The third kappa shape index (κ3) is 2.15. The molecule has 20 heavy (non-hydrogen) atoms. The number of carbonyl (C=O) groups excluding carboxylic acids is 2. The molecule has 0 unspecified atom stereocenters. The maximum absolute atomic E-state index is 12.0. The van der Waals surface area contributed by atoms with E-state index < -0.39 is 12.2 Å². The number of hydrazine groups is 1. The molecule has 0 bridgehead atoms. The van der Waals surface area contributed by atoms with E-state index in [0.717, 1.165) is 48.2 Å². The molecule has 1 saturated carbocycles. The van der Waals surface area contributed by atoms with Crippen molar-refractivity contribution in [2.24, 2.45) is 0 Å². The second kappa shape index (κ2) is 5.56. The number of methoxy groups -OCH3 is 2. The minimum absolute atomic E-state index is 0.593. The van der Waals surface area contributed by atoms with E-state index >= 15 is 0 Å². The molecule has 1 fully saturated rings. The topological polar surface area (TPSA) is 59.1 Å². The molecule has 0 atom stereocenters. The Hall–Kier alpha value is -1.98. The van der Waals surface area contributed by atoms with Crippen LogP contribution in [0.5, 0.6) is 0 Å². The Labute approximate surface area is 118 Å². The molecule has 0 aromatic rings. The van der Waals surface area contributed by atoms with Crippen molar-refractivity contribution in [2.45, 2.75) is 39.5 Å². The molecule has 110 valence electrons. The minimum Gasteiger partial charge on any atom is -0.451 e. The zero-order valence-electron chi connectivity index (χ0n) is 12.4. The van der Waals surface area contributed by atoms with Crippen LogP contribution in [0.1, 0.15) is 39.5 Å². The van der Waals surface area contributed by atoms with Gasteiger partial charge in [-0.3, -0.25) is 0 Å². The summed E-state index contributed by atoms with van der Waals surface area (Å²) in [6.07, 6.45) is 2.84. The molecule has 0 saturated heterocycles. The van der Waals surface area contributed by atoms with Crippen molar-refractivity contribution in [3.05, 3.63) is 22.5 Å². The van der Waals surface area contributed by atoms with E-state index in [1.54, 1.807) is 0 Å². The van der Waals surface area contributed by atoms with Crippen molar-refractivity contribution in [2.75, 3.05) is 14.2 Å². The van der Waals surface area contributed by atoms with Gasteiger partial charge in [0, 0.05) is 11.4 Å². The lowest BCUT2D eigenvalue weighted by molar-refractivity contribution is 0.0252. The number of rotatable bonds is 0. The maximum atomic E-state index is 12.0. The number of allylic oxidation sites excluding steroid dienone is 4. The lowest BCUT2D eigenvalue weighted by Gasteiger charge is -2.41. The Bertz CT molecular complexity index is 461. The summed E-state index contributed by atoms with van der Waals surface area (Å²) >= 11 is 0. The van der Waals surface area contributed by atoms with Crippen LogP contribution >= 0.6 is 0 Å². The van der Waals surface area contributed by atoms with Crippen molar-refractivity contribution < 1.29 is 19.1 Å². The van der Waals surface area contributed by atoms with Gasteiger partial charge in [0.25, 0.3) is 0 Å². The predicted octanol–water partition coefficient (Wildman–Crippen LogP) is 3.17. The quantitative estimate of drug-likeness (QED) is 0.683. The number of fused-ring (bicyclic) bond motifs is 1. The van der Waals surface area contributed by atoms with Gasteiger partial charge in [-0.25, -0.2) is 9.59 Å². The van der Waals surface area contributed by atoms with Gasteiger partial charge in [0.15, 0.2) is 0 Å². The fourth-order valence-corrected chi connectivity index (χ4v) is 2.87. The van der Waals surface area contributed by atoms with E-state index in [0.29, 0.717) is 0 Å². The predicted molar refractivity (Wildman–Crippen MR) is 72.4 cm³/mol. The lowest BCUT2D eigenvalue weighted by atomic mass is 9.86. The molecule has 0 radical (unpaired) electrons. The van der Waals surface area contributed by atoms with Crippen LogP contribution in [-0.2, 0) is 9.47 Å². The van der Waals surface area contributed by atoms with Crippen LogP contribution in [0.15, 0.2) is 22.5 Å². The molecular weight excluding hydrogens is 260 g/mol. The average Bonchev–Trinajstić information content (AvgIpc) is 2.49. The van der Waals surface area contributed by atoms with Gasteiger partial charge in [0.2, 0.25) is 0 Å². The van der Waals surface area contributed by atoms with Crippen LogP contribution in [-0.4, -0.2) is 36.4 Å². The van der Waals surface area contributed by atoms with E-state index in [9.17, 15) is 9.59 Å². The van der Waals surface area contributed by atoms with Gasteiger partial charge in [-0.05, 0) is 50.7 Å². The first kappa shape index (κ1) is 14.4. The molecule has 0 aromatic carbocycles. The number of amides is 2. The van der Waals surface area contributed by atoms with E-state index in [4.69, 9.17) is 9.47 Å². The standard InChI is InChI=1S/C14H20N2O4/c1-9-11-7-5-6-8-12(11)10(2)16(14(18)20-4)15(9)13(17)19-3/h5-8H2,1-4H3. The highest BCUT2D eigenvalue weighted by molar-refractivity contribution is 5.78. The van der Waals surface area contributed by atoms with E-state index in [-0.39, 0.29) is 0 Å². The summed E-state index contributed by atoms with van der Waals surface area (Å²) in [4.78, 5) is 24.1. The highest BCUT2D eigenvalue weighted by atomic mass is 16.6. The molecule has 1 aliphatic heterocycles. The zero-order valence-corrected chi connectivity index (χ0v) is 12.4. The van der Waals surface area contributed by atoms with Crippen molar-refractivity contribution in [3.8, 4) is 0 Å². The molecule has 0 N–H and O–H groups in total. The molecule has 2 aliphatic rings. The lowest BCUT2D eigenvalue weighted by Crippen LogP contribution is -2.50. The van der Waals surface area contributed by atoms with E-state index in [1.807, 2.05) is 13.8 Å². The van der Waals surface area contributed by atoms with E-state index in [1.165, 1.54) is 24.2 Å². The average molecular weight is 280 g/mol. The fourth-order valence-electron chi connectivity index (χ4n) is 2.87. The van der Waals surface area contributed by atoms with Gasteiger partial charge in [0.1, 0.15) is 0 Å². The monoisotopic (exact) mass is 280 g/mol. The molecule has 2 amide bonds. The van der Waals surface area contributed by atoms with Crippen LogP contribution in [0.3, 0.4) is 0 Å². The summed E-state index contributed by atoms with van der Waals surface area (Å²) in [6.45, 7) is 3.67. The molecule has 0 spiro atoms. The number of hydrogen-bond acceptors (Lipinski definition) is 4. The SMILES string of the molecule is COC(=O)N1C(C)=C2CCCCC2=C(C)N1C(=O)OC. The van der Waals surface area contributed by atoms with Crippen molar-refractivity contribution in [1.29, 1.82) is 0 Å². The van der Waals surface area contributed by atoms with Gasteiger partial charge in [-0.15, -0.1) is 0 Å². The summed E-state index contributed by atoms with van der Waals surface area (Å²) < 4.78 is 9.59. The van der Waals surface area contributed by atoms with Gasteiger partial charge >= 0.3 is 12.2 Å². The van der Waals surface area contributed by atoms with Gasteiger partial charge in [0.05, 0.1) is 14.2 Å². The largest absolute Gasteiger partial charge is 0.451 e. The third-order valence-electron chi connectivity index (χ3n) is 3.87. The fraction of sp³-hybridized carbons (Fsp3) is 0.571. The number of carbonyl (C=O) groups is 2. The molecule has 6 nitrogen and oxygen atoms in total. The molecule has 6 heteroatoms. The number of ether oxygens (including phenoxy) is 2. The summed E-state index contributed by atoms with van der Waals surface area (Å²) in [5.74, 6) is 0. The van der Waals surface area contributed by atoms with Crippen molar-refractivity contribution >= 4 is 12.2 Å². The smallest absolute Gasteiger partial charge is 0.433 e. The Balaban J connectivity index is 2.54. The van der Waals surface area contributed by atoms with E-state index in [2.05, 4.69) is 0 Å². The van der Waals surface area contributed by atoms with Gasteiger partial charge in [-0.1, -0.05) is 0 Å². The van der Waals surface area contributed by atoms with Crippen LogP contribution < -0.4 is 0 Å². The van der Waals surface area contributed by atoms with Gasteiger partial charge < -0.3 is 9.47 Å². The highest BCUT2D eigenvalue weighted by Crippen LogP contribution is 2.40. The second-order valence-electron chi connectivity index (χ2n) is 4.90.